The van der Waals surface area contributed by atoms with Crippen LogP contribution >= 0.6 is 23.2 Å². The van der Waals surface area contributed by atoms with E-state index in [1.165, 1.54) is 0 Å². The molecule has 0 bridgehead atoms. The van der Waals surface area contributed by atoms with Gasteiger partial charge in [0.1, 0.15) is 22.2 Å². The van der Waals surface area contributed by atoms with Crippen LogP contribution in [0.25, 0.3) is 16.9 Å². The van der Waals surface area contributed by atoms with Gasteiger partial charge in [-0.25, -0.2) is 4.98 Å². The number of aromatic nitrogens is 2. The molecular formula is C29H33Cl2N3O3. The third kappa shape index (κ3) is 6.63. The van der Waals surface area contributed by atoms with Crippen molar-refractivity contribution in [3.8, 4) is 17.0 Å². The maximum atomic E-state index is 12.9. The van der Waals surface area contributed by atoms with Crippen LogP contribution in [0.15, 0.2) is 60.8 Å². The van der Waals surface area contributed by atoms with Gasteiger partial charge in [-0.05, 0) is 69.0 Å². The second-order valence-corrected chi connectivity index (χ2v) is 9.80. The maximum Gasteiger partial charge on any atom is 0.251 e. The van der Waals surface area contributed by atoms with Crippen molar-refractivity contribution in [2.75, 3.05) is 6.61 Å². The number of imidazole rings is 1. The van der Waals surface area contributed by atoms with E-state index in [0.29, 0.717) is 34.3 Å². The summed E-state index contributed by atoms with van der Waals surface area (Å²) in [6.45, 7) is 5.79. The lowest BCUT2D eigenvalue weighted by Gasteiger charge is -2.19. The van der Waals surface area contributed by atoms with E-state index in [9.17, 15) is 9.90 Å². The molecule has 4 aromatic rings. The third-order valence-electron chi connectivity index (χ3n) is 5.87. The Kier molecular flexibility index (Phi) is 9.60. The average Bonchev–Trinajstić information content (AvgIpc) is 3.18. The summed E-state index contributed by atoms with van der Waals surface area (Å²) in [7, 11) is 0. The van der Waals surface area contributed by atoms with Gasteiger partial charge in [-0.3, -0.25) is 9.20 Å². The number of halogens is 2. The monoisotopic (exact) mass is 541 g/mol. The predicted octanol–water partition coefficient (Wildman–Crippen LogP) is 6.76. The molecule has 2 N–H and O–H groups in total. The van der Waals surface area contributed by atoms with Crippen molar-refractivity contribution >= 4 is 34.8 Å². The zero-order valence-corrected chi connectivity index (χ0v) is 22.0. The van der Waals surface area contributed by atoms with Crippen LogP contribution in [0.1, 0.15) is 49.2 Å². The number of nitrogens with one attached hydrogen (secondary N) is 1. The lowest BCUT2D eigenvalue weighted by atomic mass is 10.0. The second kappa shape index (κ2) is 12.5. The molecule has 1 atom stereocenters. The predicted molar refractivity (Wildman–Crippen MR) is 151 cm³/mol. The number of aliphatic hydroxyl groups excluding tert-OH is 1. The SMILES string of the molecule is C.Cc1cccn2c(Cl)c(-c3ccc(C[C@@H](CCO)NC(=O)c4ccc(OC(C)C)c(Cl)c4)cc3)nc12. The van der Waals surface area contributed by atoms with Gasteiger partial charge in [-0.15, -0.1) is 0 Å². The summed E-state index contributed by atoms with van der Waals surface area (Å²) >= 11 is 12.9. The van der Waals surface area contributed by atoms with Gasteiger partial charge in [0.15, 0.2) is 0 Å². The minimum absolute atomic E-state index is 0. The van der Waals surface area contributed by atoms with Crippen LogP contribution in [0.4, 0.5) is 0 Å². The summed E-state index contributed by atoms with van der Waals surface area (Å²) in [6, 6.07) is 16.6. The van der Waals surface area contributed by atoms with E-state index in [4.69, 9.17) is 32.9 Å². The van der Waals surface area contributed by atoms with Crippen molar-refractivity contribution in [1.29, 1.82) is 0 Å². The van der Waals surface area contributed by atoms with Crippen molar-refractivity contribution in [3.05, 3.63) is 87.7 Å². The zero-order valence-electron chi connectivity index (χ0n) is 20.5. The molecule has 0 aliphatic rings. The van der Waals surface area contributed by atoms with Gasteiger partial charge in [0.05, 0.1) is 11.1 Å². The van der Waals surface area contributed by atoms with Gasteiger partial charge in [-0.2, -0.15) is 0 Å². The number of hydrogen-bond donors (Lipinski definition) is 2. The Morgan fingerprint density at radius 2 is 1.86 bits per heavy atom. The van der Waals surface area contributed by atoms with Crippen molar-refractivity contribution in [1.82, 2.24) is 14.7 Å². The molecule has 6 nitrogen and oxygen atoms in total. The molecule has 0 aliphatic heterocycles. The molecule has 2 aromatic carbocycles. The summed E-state index contributed by atoms with van der Waals surface area (Å²) < 4.78 is 7.52. The number of carbonyl (C=O) groups excluding carboxylic acids is 1. The number of hydrogen-bond acceptors (Lipinski definition) is 4. The van der Waals surface area contributed by atoms with Gasteiger partial charge in [-0.1, -0.05) is 61.0 Å². The highest BCUT2D eigenvalue weighted by atomic mass is 35.5. The summed E-state index contributed by atoms with van der Waals surface area (Å²) in [6.07, 6.45) is 2.87. The number of benzene rings is 2. The van der Waals surface area contributed by atoms with E-state index in [0.717, 1.165) is 28.0 Å². The zero-order chi connectivity index (χ0) is 25.8. The van der Waals surface area contributed by atoms with Crippen LogP contribution < -0.4 is 10.1 Å². The molecule has 0 radical (unpaired) electrons. The van der Waals surface area contributed by atoms with Crippen LogP contribution in [0.5, 0.6) is 5.75 Å². The Morgan fingerprint density at radius 1 is 1.14 bits per heavy atom. The van der Waals surface area contributed by atoms with E-state index < -0.39 is 0 Å². The first-order valence-corrected chi connectivity index (χ1v) is 12.6. The first-order chi connectivity index (χ1) is 17.3. The van der Waals surface area contributed by atoms with Crippen LogP contribution in [0.3, 0.4) is 0 Å². The van der Waals surface area contributed by atoms with Crippen LogP contribution in [-0.2, 0) is 6.42 Å². The number of amides is 1. The molecule has 1 amide bonds. The van der Waals surface area contributed by atoms with Gasteiger partial charge >= 0.3 is 0 Å². The Labute approximate surface area is 228 Å². The van der Waals surface area contributed by atoms with E-state index in [1.54, 1.807) is 18.2 Å². The molecule has 2 heterocycles. The molecule has 8 heteroatoms. The van der Waals surface area contributed by atoms with Crippen LogP contribution in [0.2, 0.25) is 10.2 Å². The second-order valence-electron chi connectivity index (χ2n) is 9.03. The lowest BCUT2D eigenvalue weighted by Crippen LogP contribution is -2.37. The van der Waals surface area contributed by atoms with Crippen molar-refractivity contribution < 1.29 is 14.6 Å². The quantitative estimate of drug-likeness (QED) is 0.245. The number of aryl methyl sites for hydroxylation is 1. The topological polar surface area (TPSA) is 75.9 Å². The number of aliphatic hydroxyl groups is 1. The molecule has 0 saturated carbocycles. The first-order valence-electron chi connectivity index (χ1n) is 11.9. The molecule has 0 fully saturated rings. The summed E-state index contributed by atoms with van der Waals surface area (Å²) in [4.78, 5) is 17.6. The molecule has 4 rings (SSSR count). The molecule has 0 spiro atoms. The van der Waals surface area contributed by atoms with Gasteiger partial charge in [0.25, 0.3) is 5.91 Å². The number of ether oxygens (including phenoxy) is 1. The third-order valence-corrected chi connectivity index (χ3v) is 6.52. The van der Waals surface area contributed by atoms with E-state index in [-0.39, 0.29) is 32.1 Å². The van der Waals surface area contributed by atoms with Gasteiger partial charge in [0, 0.05) is 30.0 Å². The van der Waals surface area contributed by atoms with Crippen LogP contribution in [-0.4, -0.2) is 39.2 Å². The highest BCUT2D eigenvalue weighted by Gasteiger charge is 2.17. The standard InChI is InChI=1S/C28H29Cl2N3O3.CH4/c1-17(2)36-24-11-10-21(16-23(24)29)28(35)31-22(12-14-34)15-19-6-8-20(9-7-19)25-26(30)33-13-4-5-18(3)27(33)32-25;/h4-11,13,16-17,22,34H,12,14-15H2,1-3H3,(H,31,35);1H4/t22-;/m1./s1. The lowest BCUT2D eigenvalue weighted by molar-refractivity contribution is 0.0930. The fraction of sp³-hybridized carbons (Fsp3) is 0.310. The summed E-state index contributed by atoms with van der Waals surface area (Å²) in [5.74, 6) is 0.283. The normalized spacial score (nSPS) is 11.9. The minimum Gasteiger partial charge on any atom is -0.489 e. The summed E-state index contributed by atoms with van der Waals surface area (Å²) in [5.41, 5.74) is 4.97. The number of pyridine rings is 1. The Bertz CT molecular complexity index is 1370. The minimum atomic E-state index is -0.255. The molecule has 196 valence electrons. The molecule has 0 aliphatic carbocycles. The highest BCUT2D eigenvalue weighted by molar-refractivity contribution is 6.32. The maximum absolute atomic E-state index is 12.9. The Hall–Kier alpha value is -3.06. The molecule has 2 aromatic heterocycles. The van der Waals surface area contributed by atoms with E-state index in [2.05, 4.69) is 5.32 Å². The van der Waals surface area contributed by atoms with Crippen molar-refractivity contribution in [3.63, 3.8) is 0 Å². The largest absolute Gasteiger partial charge is 0.489 e. The van der Waals surface area contributed by atoms with Crippen LogP contribution in [0, 0.1) is 6.92 Å². The van der Waals surface area contributed by atoms with E-state index >= 15 is 0 Å². The smallest absolute Gasteiger partial charge is 0.251 e. The van der Waals surface area contributed by atoms with Gasteiger partial charge < -0.3 is 15.2 Å². The molecule has 0 unspecified atom stereocenters. The number of rotatable bonds is 9. The van der Waals surface area contributed by atoms with Crippen molar-refractivity contribution in [2.24, 2.45) is 0 Å². The first kappa shape index (κ1) is 28.5. The average molecular weight is 543 g/mol. The van der Waals surface area contributed by atoms with Crippen molar-refractivity contribution in [2.45, 2.75) is 53.2 Å². The molecule has 37 heavy (non-hydrogen) atoms. The fourth-order valence-electron chi connectivity index (χ4n) is 4.08. The number of carbonyl (C=O) groups is 1. The Balaban J connectivity index is 0.00000380. The van der Waals surface area contributed by atoms with Gasteiger partial charge in [0.2, 0.25) is 0 Å². The Morgan fingerprint density at radius 3 is 2.49 bits per heavy atom. The summed E-state index contributed by atoms with van der Waals surface area (Å²) in [5, 5.41) is 13.5. The van der Waals surface area contributed by atoms with E-state index in [1.807, 2.05) is 67.8 Å². The fourth-order valence-corrected chi connectivity index (χ4v) is 4.60. The number of fused-ring (bicyclic) bond motifs is 1. The molecule has 0 saturated heterocycles. The highest BCUT2D eigenvalue weighted by Crippen LogP contribution is 2.30. The molecular weight excluding hydrogens is 509 g/mol. The number of nitrogens with zero attached hydrogens (tertiary/aromatic N) is 2.